The summed E-state index contributed by atoms with van der Waals surface area (Å²) < 4.78 is 5.00. The van der Waals surface area contributed by atoms with Gasteiger partial charge in [-0.3, -0.25) is 4.79 Å². The summed E-state index contributed by atoms with van der Waals surface area (Å²) in [6.07, 6.45) is 0. The predicted octanol–water partition coefficient (Wildman–Crippen LogP) is 1.29. The van der Waals surface area contributed by atoms with Crippen molar-refractivity contribution in [3.63, 3.8) is 0 Å². The summed E-state index contributed by atoms with van der Waals surface area (Å²) in [7, 11) is 1.63. The lowest BCUT2D eigenvalue weighted by Crippen LogP contribution is -2.06. The van der Waals surface area contributed by atoms with Crippen LogP contribution < -0.4 is 5.56 Å². The average Bonchev–Trinajstić information content (AvgIpc) is 2.29. The minimum absolute atomic E-state index is 0.287. The van der Waals surface area contributed by atoms with Crippen LogP contribution in [-0.2, 0) is 11.3 Å². The van der Waals surface area contributed by atoms with Gasteiger partial charge in [-0.2, -0.15) is 4.98 Å². The number of aromatic nitrogens is 2. The van der Waals surface area contributed by atoms with Crippen molar-refractivity contribution in [2.45, 2.75) is 6.61 Å². The fraction of sp³-hybridized carbons (Fsp3) is 0.167. The molecule has 5 heteroatoms. The lowest BCUT2D eigenvalue weighted by atomic mass is 10.1. The van der Waals surface area contributed by atoms with Crippen molar-refractivity contribution in [1.82, 2.24) is 9.97 Å². The first-order valence-corrected chi connectivity index (χ1v) is 5.07. The second-order valence-electron chi connectivity index (χ2n) is 3.58. The lowest BCUT2D eigenvalue weighted by molar-refractivity contribution is 0.185. The molecular weight excluding hydrogens is 220 g/mol. The first kappa shape index (κ1) is 11.3. The number of nitrogens with one attached hydrogen (secondary N) is 1. The number of benzene rings is 1. The van der Waals surface area contributed by atoms with Crippen LogP contribution in [0.5, 0.6) is 5.88 Å². The van der Waals surface area contributed by atoms with Crippen LogP contribution in [0.25, 0.3) is 11.4 Å². The molecule has 88 valence electrons. The number of methoxy groups -OCH3 is 1. The van der Waals surface area contributed by atoms with Crippen LogP contribution in [0, 0.1) is 0 Å². The first-order valence-electron chi connectivity index (χ1n) is 5.07. The molecule has 0 saturated carbocycles. The highest BCUT2D eigenvalue weighted by molar-refractivity contribution is 5.55. The Hall–Kier alpha value is -2.14. The van der Waals surface area contributed by atoms with Gasteiger partial charge >= 0.3 is 0 Å². The topological polar surface area (TPSA) is 75.2 Å². The molecule has 0 aliphatic rings. The van der Waals surface area contributed by atoms with Crippen LogP contribution in [-0.4, -0.2) is 22.2 Å². The maximum absolute atomic E-state index is 11.2. The van der Waals surface area contributed by atoms with E-state index in [1.54, 1.807) is 7.11 Å². The van der Waals surface area contributed by atoms with Crippen LogP contribution in [0.15, 0.2) is 35.1 Å². The maximum atomic E-state index is 11.2. The van der Waals surface area contributed by atoms with E-state index in [2.05, 4.69) is 9.97 Å². The number of H-pyrrole nitrogens is 1. The Balaban J connectivity index is 2.36. The standard InChI is InChI=1S/C12H12N2O3/c1-17-7-8-2-4-9(5-3-8)12-13-10(15)6-11(16)14-12/h2-6H,7H2,1H3,(H2,13,14,15,16). The molecule has 0 bridgehead atoms. The van der Waals surface area contributed by atoms with Crippen molar-refractivity contribution in [3.05, 3.63) is 46.2 Å². The molecule has 1 aromatic heterocycles. The molecule has 0 saturated heterocycles. The number of aromatic hydroxyl groups is 1. The van der Waals surface area contributed by atoms with E-state index in [1.165, 1.54) is 0 Å². The molecule has 0 atom stereocenters. The van der Waals surface area contributed by atoms with Crippen LogP contribution in [0.1, 0.15) is 5.56 Å². The summed E-state index contributed by atoms with van der Waals surface area (Å²) in [5.74, 6) is 0.0590. The van der Waals surface area contributed by atoms with Gasteiger partial charge in [-0.05, 0) is 5.56 Å². The van der Waals surface area contributed by atoms with E-state index in [1.807, 2.05) is 24.3 Å². The highest BCUT2D eigenvalue weighted by Crippen LogP contribution is 2.16. The molecule has 2 rings (SSSR count). The van der Waals surface area contributed by atoms with Crippen LogP contribution in [0.4, 0.5) is 0 Å². The van der Waals surface area contributed by atoms with E-state index >= 15 is 0 Å². The highest BCUT2D eigenvalue weighted by Gasteiger charge is 2.03. The van der Waals surface area contributed by atoms with Gasteiger partial charge in [-0.25, -0.2) is 0 Å². The molecule has 0 amide bonds. The molecule has 5 nitrogen and oxygen atoms in total. The van der Waals surface area contributed by atoms with E-state index in [-0.39, 0.29) is 11.4 Å². The predicted molar refractivity (Wildman–Crippen MR) is 62.7 cm³/mol. The molecule has 0 fully saturated rings. The smallest absolute Gasteiger partial charge is 0.254 e. The molecule has 17 heavy (non-hydrogen) atoms. The third-order valence-corrected chi connectivity index (χ3v) is 2.27. The van der Waals surface area contributed by atoms with Gasteiger partial charge in [0.05, 0.1) is 12.7 Å². The molecule has 1 aromatic carbocycles. The van der Waals surface area contributed by atoms with Gasteiger partial charge in [0.1, 0.15) is 5.82 Å². The van der Waals surface area contributed by atoms with E-state index in [9.17, 15) is 9.90 Å². The van der Waals surface area contributed by atoms with Gasteiger partial charge in [0.25, 0.3) is 5.56 Å². The first-order chi connectivity index (χ1) is 8.19. The minimum Gasteiger partial charge on any atom is -0.493 e. The molecule has 2 N–H and O–H groups in total. The summed E-state index contributed by atoms with van der Waals surface area (Å²) in [6.45, 7) is 0.532. The monoisotopic (exact) mass is 232 g/mol. The highest BCUT2D eigenvalue weighted by atomic mass is 16.5. The van der Waals surface area contributed by atoms with Gasteiger partial charge in [0, 0.05) is 12.7 Å². The largest absolute Gasteiger partial charge is 0.493 e. The van der Waals surface area contributed by atoms with Crippen molar-refractivity contribution in [2.75, 3.05) is 7.11 Å². The molecule has 0 radical (unpaired) electrons. The number of hydrogen-bond donors (Lipinski definition) is 2. The van der Waals surface area contributed by atoms with Crippen molar-refractivity contribution in [3.8, 4) is 17.3 Å². The summed E-state index contributed by atoms with van der Waals surface area (Å²) in [6, 6.07) is 8.41. The SMILES string of the molecule is COCc1ccc(-c2nc(O)cc(=O)[nH]2)cc1. The minimum atomic E-state index is -0.381. The third kappa shape index (κ3) is 2.70. The summed E-state index contributed by atoms with van der Waals surface area (Å²) >= 11 is 0. The van der Waals surface area contributed by atoms with Crippen molar-refractivity contribution >= 4 is 0 Å². The van der Waals surface area contributed by atoms with E-state index < -0.39 is 0 Å². The Morgan fingerprint density at radius 2 is 2.06 bits per heavy atom. The molecule has 0 aliphatic carbocycles. The van der Waals surface area contributed by atoms with Gasteiger partial charge in [0.2, 0.25) is 5.88 Å². The molecule has 0 unspecified atom stereocenters. The number of ether oxygens (including phenoxy) is 1. The second-order valence-corrected chi connectivity index (χ2v) is 3.58. The van der Waals surface area contributed by atoms with E-state index in [0.29, 0.717) is 12.4 Å². The number of aromatic amines is 1. The van der Waals surface area contributed by atoms with Gasteiger partial charge in [-0.1, -0.05) is 24.3 Å². The number of nitrogens with zero attached hydrogens (tertiary/aromatic N) is 1. The average molecular weight is 232 g/mol. The Morgan fingerprint density at radius 1 is 1.35 bits per heavy atom. The fourth-order valence-corrected chi connectivity index (χ4v) is 1.51. The van der Waals surface area contributed by atoms with Gasteiger partial charge in [-0.15, -0.1) is 0 Å². The molecule has 0 spiro atoms. The third-order valence-electron chi connectivity index (χ3n) is 2.27. The molecular formula is C12H12N2O3. The number of rotatable bonds is 3. The van der Waals surface area contributed by atoms with E-state index in [0.717, 1.165) is 17.2 Å². The van der Waals surface area contributed by atoms with Gasteiger partial charge < -0.3 is 14.8 Å². The summed E-state index contributed by atoms with van der Waals surface area (Å²) in [5.41, 5.74) is 1.38. The van der Waals surface area contributed by atoms with Crippen LogP contribution in [0.3, 0.4) is 0 Å². The quantitative estimate of drug-likeness (QED) is 0.836. The van der Waals surface area contributed by atoms with Crippen molar-refractivity contribution < 1.29 is 9.84 Å². The number of hydrogen-bond acceptors (Lipinski definition) is 4. The van der Waals surface area contributed by atoms with Crippen LogP contribution >= 0.6 is 0 Å². The van der Waals surface area contributed by atoms with Gasteiger partial charge in [0.15, 0.2) is 0 Å². The fourth-order valence-electron chi connectivity index (χ4n) is 1.51. The van der Waals surface area contributed by atoms with Crippen molar-refractivity contribution in [2.24, 2.45) is 0 Å². The van der Waals surface area contributed by atoms with Crippen molar-refractivity contribution in [1.29, 1.82) is 0 Å². The summed E-state index contributed by atoms with van der Waals surface area (Å²) in [5, 5.41) is 9.24. The zero-order chi connectivity index (χ0) is 12.3. The van der Waals surface area contributed by atoms with Crippen LogP contribution in [0.2, 0.25) is 0 Å². The zero-order valence-corrected chi connectivity index (χ0v) is 9.30. The Labute approximate surface area is 97.7 Å². The lowest BCUT2D eigenvalue weighted by Gasteiger charge is -2.03. The Morgan fingerprint density at radius 3 is 2.65 bits per heavy atom. The molecule has 1 heterocycles. The Kier molecular flexibility index (Phi) is 3.20. The Bertz CT molecular complexity index is 561. The normalized spacial score (nSPS) is 10.4. The molecule has 0 aliphatic heterocycles. The zero-order valence-electron chi connectivity index (χ0n) is 9.30. The molecule has 2 aromatic rings. The summed E-state index contributed by atoms with van der Waals surface area (Å²) in [4.78, 5) is 17.6. The maximum Gasteiger partial charge on any atom is 0.254 e. The van der Waals surface area contributed by atoms with E-state index in [4.69, 9.17) is 4.74 Å². The second kappa shape index (κ2) is 4.80.